The molecule has 12 heteroatoms. The summed E-state index contributed by atoms with van der Waals surface area (Å²) in [5.41, 5.74) is 3.84. The predicted octanol–water partition coefficient (Wildman–Crippen LogP) is 8.53. The van der Waals surface area contributed by atoms with Crippen molar-refractivity contribution in [1.82, 2.24) is 0 Å². The number of ether oxygens (including phenoxy) is 6. The quantitative estimate of drug-likeness (QED) is 0.0669. The van der Waals surface area contributed by atoms with Gasteiger partial charge in [0.25, 0.3) is 0 Å². The molecule has 4 aromatic rings. The van der Waals surface area contributed by atoms with Crippen LogP contribution in [0, 0.1) is 0 Å². The van der Waals surface area contributed by atoms with Gasteiger partial charge in [-0.05, 0) is 90.2 Å². The first-order valence-corrected chi connectivity index (χ1v) is 20.4. The fourth-order valence-corrected chi connectivity index (χ4v) is 7.39. The van der Waals surface area contributed by atoms with E-state index < -0.39 is 11.0 Å². The summed E-state index contributed by atoms with van der Waals surface area (Å²) in [4.78, 5) is 1.25. The summed E-state index contributed by atoms with van der Waals surface area (Å²) in [6, 6.07) is 24.1. The van der Waals surface area contributed by atoms with Crippen LogP contribution < -0.4 is 28.4 Å². The summed E-state index contributed by atoms with van der Waals surface area (Å²) in [5.74, 6) is 4.49. The number of rotatable bonds is 20. The lowest BCUT2D eigenvalue weighted by molar-refractivity contribution is 0.0890. The smallest absolute Gasteiger partial charge is 0.203 e. The maximum Gasteiger partial charge on any atom is 0.203 e. The highest BCUT2D eigenvalue weighted by molar-refractivity contribution is 7.99. The first-order valence-electron chi connectivity index (χ1n) is 15.8. The summed E-state index contributed by atoms with van der Waals surface area (Å²) < 4.78 is 35.1. The topological polar surface area (TPSA) is 95.8 Å². The van der Waals surface area contributed by atoms with Crippen molar-refractivity contribution in [2.24, 2.45) is 0 Å². The highest BCUT2D eigenvalue weighted by Crippen LogP contribution is 2.46. The van der Waals surface area contributed by atoms with Crippen molar-refractivity contribution in [2.45, 2.75) is 39.3 Å². The van der Waals surface area contributed by atoms with Crippen molar-refractivity contribution in [1.29, 1.82) is 0 Å². The first kappa shape index (κ1) is 39.8. The van der Waals surface area contributed by atoms with Gasteiger partial charge in [-0.15, -0.1) is 35.3 Å². The second kappa shape index (κ2) is 19.6. The van der Waals surface area contributed by atoms with Gasteiger partial charge >= 0.3 is 0 Å². The lowest BCUT2D eigenvalue weighted by Crippen LogP contribution is -2.28. The number of hydrogen-bond acceptors (Lipinski definition) is 12. The van der Waals surface area contributed by atoms with Crippen LogP contribution in [0.5, 0.6) is 34.5 Å². The van der Waals surface area contributed by atoms with Crippen LogP contribution in [0.25, 0.3) is 11.1 Å². The summed E-state index contributed by atoms with van der Waals surface area (Å²) >= 11 is 6.45. The van der Waals surface area contributed by atoms with E-state index in [0.29, 0.717) is 46.0 Å². The largest absolute Gasteiger partial charge is 0.493 e. The van der Waals surface area contributed by atoms with Crippen LogP contribution in [0.15, 0.2) is 82.6 Å². The fraction of sp³-hybridized carbons (Fsp3) is 0.368. The Bertz CT molecular complexity index is 1600. The molecule has 0 bridgehead atoms. The Kier molecular flexibility index (Phi) is 15.6. The first-order chi connectivity index (χ1) is 24.1. The van der Waals surface area contributed by atoms with Crippen molar-refractivity contribution >= 4 is 47.0 Å². The maximum atomic E-state index is 11.1. The van der Waals surface area contributed by atoms with Gasteiger partial charge in [-0.1, -0.05) is 24.3 Å². The number of aliphatic hydroxyl groups is 2. The van der Waals surface area contributed by atoms with Crippen molar-refractivity contribution in [3.63, 3.8) is 0 Å². The van der Waals surface area contributed by atoms with E-state index in [4.69, 9.17) is 28.4 Å². The summed E-state index contributed by atoms with van der Waals surface area (Å²) in [7, 11) is 6.22. The van der Waals surface area contributed by atoms with Gasteiger partial charge in [-0.25, -0.2) is 0 Å². The molecule has 0 aromatic heterocycles. The van der Waals surface area contributed by atoms with Crippen LogP contribution in [-0.4, -0.2) is 81.2 Å². The molecule has 0 aliphatic heterocycles. The molecule has 0 spiro atoms. The van der Waals surface area contributed by atoms with Crippen molar-refractivity contribution < 1.29 is 38.6 Å². The van der Waals surface area contributed by atoms with E-state index >= 15 is 0 Å². The molecule has 4 rings (SSSR count). The molecule has 0 saturated heterocycles. The van der Waals surface area contributed by atoms with Gasteiger partial charge in [0.15, 0.2) is 23.0 Å². The SMILES string of the molecule is COc1cc(-c2cc(OC)c(OCC(C)(O)SCc3ccc(SC)cc3)c(OC)c2)cc(OC)c1OCC(O)CSCc1ccc(SC)cc1. The minimum absolute atomic E-state index is 0.00988. The van der Waals surface area contributed by atoms with Gasteiger partial charge in [0.1, 0.15) is 18.1 Å². The van der Waals surface area contributed by atoms with Crippen LogP contribution in [0.1, 0.15) is 18.1 Å². The van der Waals surface area contributed by atoms with Gasteiger partial charge in [0.2, 0.25) is 11.5 Å². The monoisotopic (exact) mass is 758 g/mol. The highest BCUT2D eigenvalue weighted by Gasteiger charge is 2.26. The highest BCUT2D eigenvalue weighted by atomic mass is 32.2. The van der Waals surface area contributed by atoms with E-state index in [0.717, 1.165) is 22.4 Å². The van der Waals surface area contributed by atoms with Gasteiger partial charge in [0.05, 0.1) is 34.5 Å². The second-order valence-corrected chi connectivity index (χ2v) is 15.6. The fourth-order valence-electron chi connectivity index (χ4n) is 4.85. The zero-order valence-corrected chi connectivity index (χ0v) is 32.8. The lowest BCUT2D eigenvalue weighted by atomic mass is 10.0. The van der Waals surface area contributed by atoms with Gasteiger partial charge in [-0.2, -0.15) is 11.8 Å². The molecule has 0 fully saturated rings. The molecule has 0 saturated carbocycles. The predicted molar refractivity (Wildman–Crippen MR) is 210 cm³/mol. The number of benzene rings is 4. The average molecular weight is 759 g/mol. The van der Waals surface area contributed by atoms with E-state index in [2.05, 4.69) is 54.8 Å². The van der Waals surface area contributed by atoms with E-state index in [1.165, 1.54) is 27.1 Å². The summed E-state index contributed by atoms with van der Waals surface area (Å²) in [6.07, 6.45) is 3.41. The Balaban J connectivity index is 1.43. The van der Waals surface area contributed by atoms with Gasteiger partial charge < -0.3 is 38.6 Å². The third-order valence-electron chi connectivity index (χ3n) is 7.61. The number of hydrogen-bond donors (Lipinski definition) is 2. The molecule has 0 aliphatic carbocycles. The van der Waals surface area contributed by atoms with Crippen molar-refractivity contribution in [3.05, 3.63) is 83.9 Å². The van der Waals surface area contributed by atoms with Crippen LogP contribution in [-0.2, 0) is 11.5 Å². The Morgan fingerprint density at radius 1 is 0.640 bits per heavy atom. The molecule has 0 aliphatic rings. The minimum atomic E-state index is -1.17. The van der Waals surface area contributed by atoms with Gasteiger partial charge in [-0.3, -0.25) is 0 Å². The summed E-state index contributed by atoms with van der Waals surface area (Å²) in [5, 5.41) is 21.8. The molecule has 0 radical (unpaired) electrons. The molecule has 0 heterocycles. The van der Waals surface area contributed by atoms with Gasteiger partial charge in [0, 0.05) is 27.0 Å². The van der Waals surface area contributed by atoms with Crippen LogP contribution in [0.3, 0.4) is 0 Å². The molecule has 50 heavy (non-hydrogen) atoms. The molecule has 270 valence electrons. The Morgan fingerprint density at radius 3 is 1.48 bits per heavy atom. The Morgan fingerprint density at radius 2 is 1.06 bits per heavy atom. The third kappa shape index (κ3) is 11.2. The lowest BCUT2D eigenvalue weighted by Gasteiger charge is -2.25. The zero-order valence-electron chi connectivity index (χ0n) is 29.5. The number of aliphatic hydroxyl groups excluding tert-OH is 1. The van der Waals surface area contributed by atoms with Crippen molar-refractivity contribution in [3.8, 4) is 45.6 Å². The standard InChI is InChI=1S/C38H46O8S4/c1-38(40,50-22-26-10-14-31(48-7)15-11-26)24-46-37-34(43-4)18-28(19-35(37)44-5)27-16-32(41-2)36(33(17-27)42-3)45-20-29(39)23-49-21-25-8-12-30(47-6)13-9-25/h8-19,29,39-40H,20-24H2,1-7H3. The van der Waals surface area contributed by atoms with Crippen LogP contribution in [0.2, 0.25) is 0 Å². The minimum Gasteiger partial charge on any atom is -0.493 e. The molecular formula is C38H46O8S4. The summed E-state index contributed by atoms with van der Waals surface area (Å²) in [6.45, 7) is 1.81. The van der Waals surface area contributed by atoms with E-state index in [1.807, 2.05) is 30.5 Å². The number of methoxy groups -OCH3 is 4. The Hall–Kier alpha value is -3.00. The van der Waals surface area contributed by atoms with Crippen molar-refractivity contribution in [2.75, 3.05) is 59.9 Å². The van der Waals surface area contributed by atoms with E-state index in [-0.39, 0.29) is 13.2 Å². The molecular weight excluding hydrogens is 713 g/mol. The maximum absolute atomic E-state index is 11.1. The van der Waals surface area contributed by atoms with Crippen LogP contribution >= 0.6 is 47.0 Å². The third-order valence-corrected chi connectivity index (χ3v) is 11.5. The van der Waals surface area contributed by atoms with Crippen LogP contribution in [0.4, 0.5) is 0 Å². The molecule has 0 amide bonds. The molecule has 8 nitrogen and oxygen atoms in total. The Labute approximate surface area is 312 Å². The molecule has 2 unspecified atom stereocenters. The van der Waals surface area contributed by atoms with E-state index in [9.17, 15) is 10.2 Å². The molecule has 2 N–H and O–H groups in total. The number of thioether (sulfide) groups is 4. The normalized spacial score (nSPS) is 12.9. The second-order valence-electron chi connectivity index (χ2n) is 11.3. The molecule has 4 aromatic carbocycles. The zero-order chi connectivity index (χ0) is 36.1. The average Bonchev–Trinajstić information content (AvgIpc) is 3.15. The molecule has 2 atom stereocenters. The van der Waals surface area contributed by atoms with E-state index in [1.54, 1.807) is 70.6 Å².